The predicted molar refractivity (Wildman–Crippen MR) is 64.5 cm³/mol. The molecule has 0 spiro atoms. The third kappa shape index (κ3) is 5.47. The summed E-state index contributed by atoms with van der Waals surface area (Å²) in [6.07, 6.45) is 0.627. The summed E-state index contributed by atoms with van der Waals surface area (Å²) in [5.74, 6) is -0.118. The molecule has 16 heavy (non-hydrogen) atoms. The van der Waals surface area contributed by atoms with Crippen LogP contribution in [0.2, 0.25) is 0 Å². The maximum absolute atomic E-state index is 11.2. The van der Waals surface area contributed by atoms with Crippen LogP contribution in [0.15, 0.2) is 0 Å². The molecule has 2 unspecified atom stereocenters. The van der Waals surface area contributed by atoms with Crippen molar-refractivity contribution in [3.63, 3.8) is 0 Å². The third-order valence-electron chi connectivity index (χ3n) is 2.58. The molecule has 0 aromatic carbocycles. The third-order valence-corrected chi connectivity index (χ3v) is 2.58. The Morgan fingerprint density at radius 3 is 2.38 bits per heavy atom. The number of methoxy groups -OCH3 is 1. The average molecular weight is 231 g/mol. The molecule has 0 amide bonds. The van der Waals surface area contributed by atoms with E-state index in [1.165, 1.54) is 0 Å². The van der Waals surface area contributed by atoms with E-state index in [9.17, 15) is 9.90 Å². The van der Waals surface area contributed by atoms with Crippen LogP contribution in [-0.4, -0.2) is 36.9 Å². The number of nitrogens with one attached hydrogen (secondary N) is 1. The van der Waals surface area contributed by atoms with Crippen LogP contribution in [0.1, 0.15) is 34.1 Å². The lowest BCUT2D eigenvalue weighted by Crippen LogP contribution is -2.52. The Bertz CT molecular complexity index is 218. The summed E-state index contributed by atoms with van der Waals surface area (Å²) in [5.41, 5.74) is -0.837. The fourth-order valence-electron chi connectivity index (χ4n) is 1.79. The Balaban J connectivity index is 4.28. The van der Waals surface area contributed by atoms with E-state index in [4.69, 9.17) is 4.74 Å². The molecule has 96 valence electrons. The molecule has 0 heterocycles. The standard InChI is InChI=1S/C12H25NO3/c1-9(2)6-12(4,11(14)15)13-7-10(3)8-16-5/h9-10,13H,6-8H2,1-5H3,(H,14,15). The number of aliphatic carboxylic acids is 1. The van der Waals surface area contributed by atoms with Gasteiger partial charge in [0.25, 0.3) is 0 Å². The number of carboxylic acid groups (broad SMARTS) is 1. The highest BCUT2D eigenvalue weighted by Gasteiger charge is 2.33. The van der Waals surface area contributed by atoms with E-state index in [2.05, 4.69) is 5.32 Å². The van der Waals surface area contributed by atoms with Gasteiger partial charge in [-0.15, -0.1) is 0 Å². The fourth-order valence-corrected chi connectivity index (χ4v) is 1.79. The van der Waals surface area contributed by atoms with Crippen LogP contribution in [0.25, 0.3) is 0 Å². The fraction of sp³-hybridized carbons (Fsp3) is 0.917. The predicted octanol–water partition coefficient (Wildman–Crippen LogP) is 1.75. The van der Waals surface area contributed by atoms with Gasteiger partial charge in [0.05, 0.1) is 0 Å². The molecule has 0 saturated heterocycles. The molecule has 0 aromatic rings. The van der Waals surface area contributed by atoms with Crippen molar-refractivity contribution in [2.75, 3.05) is 20.3 Å². The first kappa shape index (κ1) is 15.4. The second-order valence-corrected chi connectivity index (χ2v) is 5.18. The van der Waals surface area contributed by atoms with E-state index in [1.807, 2.05) is 20.8 Å². The van der Waals surface area contributed by atoms with Crippen molar-refractivity contribution >= 4 is 5.97 Å². The van der Waals surface area contributed by atoms with Crippen molar-refractivity contribution < 1.29 is 14.6 Å². The first-order valence-electron chi connectivity index (χ1n) is 5.79. The summed E-state index contributed by atoms with van der Waals surface area (Å²) < 4.78 is 5.02. The largest absolute Gasteiger partial charge is 0.480 e. The van der Waals surface area contributed by atoms with E-state index in [-0.39, 0.29) is 0 Å². The van der Waals surface area contributed by atoms with E-state index >= 15 is 0 Å². The molecule has 0 saturated carbocycles. The monoisotopic (exact) mass is 231 g/mol. The van der Waals surface area contributed by atoms with Crippen LogP contribution in [-0.2, 0) is 9.53 Å². The minimum Gasteiger partial charge on any atom is -0.480 e. The number of hydrogen-bond donors (Lipinski definition) is 2. The summed E-state index contributed by atoms with van der Waals surface area (Å²) in [4.78, 5) is 11.2. The Morgan fingerprint density at radius 2 is 2.00 bits per heavy atom. The van der Waals surface area contributed by atoms with Crippen LogP contribution in [0, 0.1) is 11.8 Å². The molecule has 0 aliphatic heterocycles. The number of carbonyl (C=O) groups is 1. The van der Waals surface area contributed by atoms with Gasteiger partial charge in [0.1, 0.15) is 5.54 Å². The van der Waals surface area contributed by atoms with Crippen LogP contribution >= 0.6 is 0 Å². The Labute approximate surface area is 98.4 Å². The zero-order chi connectivity index (χ0) is 12.8. The highest BCUT2D eigenvalue weighted by molar-refractivity contribution is 5.78. The SMILES string of the molecule is COCC(C)CNC(C)(CC(C)C)C(=O)O. The van der Waals surface area contributed by atoms with E-state index in [1.54, 1.807) is 14.0 Å². The highest BCUT2D eigenvalue weighted by atomic mass is 16.5. The molecule has 4 heteroatoms. The highest BCUT2D eigenvalue weighted by Crippen LogP contribution is 2.17. The number of rotatable bonds is 8. The summed E-state index contributed by atoms with van der Waals surface area (Å²) in [6, 6.07) is 0. The summed E-state index contributed by atoms with van der Waals surface area (Å²) in [7, 11) is 1.65. The maximum Gasteiger partial charge on any atom is 0.323 e. The van der Waals surface area contributed by atoms with E-state index < -0.39 is 11.5 Å². The molecule has 0 bridgehead atoms. The molecule has 2 atom stereocenters. The molecule has 0 aliphatic carbocycles. The summed E-state index contributed by atoms with van der Waals surface area (Å²) >= 11 is 0. The molecule has 0 fully saturated rings. The minimum atomic E-state index is -0.837. The number of ether oxygens (including phenoxy) is 1. The lowest BCUT2D eigenvalue weighted by molar-refractivity contribution is -0.145. The van der Waals surface area contributed by atoms with Gasteiger partial charge in [-0.05, 0) is 25.2 Å². The lowest BCUT2D eigenvalue weighted by atomic mass is 9.90. The molecule has 2 N–H and O–H groups in total. The van der Waals surface area contributed by atoms with Gasteiger partial charge < -0.3 is 15.2 Å². The van der Waals surface area contributed by atoms with Crippen LogP contribution in [0.4, 0.5) is 0 Å². The Kier molecular flexibility index (Phi) is 6.60. The van der Waals surface area contributed by atoms with Gasteiger partial charge >= 0.3 is 5.97 Å². The Hall–Kier alpha value is -0.610. The second kappa shape index (κ2) is 6.86. The van der Waals surface area contributed by atoms with Crippen molar-refractivity contribution in [1.29, 1.82) is 0 Å². The first-order chi connectivity index (χ1) is 7.31. The maximum atomic E-state index is 11.2. The zero-order valence-corrected chi connectivity index (χ0v) is 11.0. The second-order valence-electron chi connectivity index (χ2n) is 5.18. The topological polar surface area (TPSA) is 58.6 Å². The van der Waals surface area contributed by atoms with Gasteiger partial charge in [-0.2, -0.15) is 0 Å². The number of carboxylic acids is 1. The van der Waals surface area contributed by atoms with Gasteiger partial charge in [0.2, 0.25) is 0 Å². The summed E-state index contributed by atoms with van der Waals surface area (Å²) in [5, 5.41) is 12.4. The quantitative estimate of drug-likeness (QED) is 0.668. The van der Waals surface area contributed by atoms with Crippen molar-refractivity contribution in [3.05, 3.63) is 0 Å². The molecule has 0 radical (unpaired) electrons. The molecular formula is C12H25NO3. The van der Waals surface area contributed by atoms with Crippen LogP contribution in [0.3, 0.4) is 0 Å². The smallest absolute Gasteiger partial charge is 0.323 e. The molecule has 4 nitrogen and oxygen atoms in total. The normalized spacial score (nSPS) is 17.1. The van der Waals surface area contributed by atoms with Crippen molar-refractivity contribution in [2.24, 2.45) is 11.8 Å². The molecule has 0 aliphatic rings. The molecular weight excluding hydrogens is 206 g/mol. The van der Waals surface area contributed by atoms with Gasteiger partial charge in [-0.1, -0.05) is 20.8 Å². The average Bonchev–Trinajstić information content (AvgIpc) is 2.14. The lowest BCUT2D eigenvalue weighted by Gasteiger charge is -2.29. The van der Waals surface area contributed by atoms with Crippen LogP contribution in [0.5, 0.6) is 0 Å². The Morgan fingerprint density at radius 1 is 1.44 bits per heavy atom. The summed E-state index contributed by atoms with van der Waals surface area (Å²) in [6.45, 7) is 9.14. The van der Waals surface area contributed by atoms with Gasteiger partial charge in [-0.25, -0.2) is 0 Å². The molecule has 0 aromatic heterocycles. The van der Waals surface area contributed by atoms with E-state index in [0.29, 0.717) is 31.4 Å². The van der Waals surface area contributed by atoms with Gasteiger partial charge in [0, 0.05) is 20.3 Å². The van der Waals surface area contributed by atoms with Crippen molar-refractivity contribution in [1.82, 2.24) is 5.32 Å². The zero-order valence-electron chi connectivity index (χ0n) is 11.0. The van der Waals surface area contributed by atoms with Crippen molar-refractivity contribution in [3.8, 4) is 0 Å². The van der Waals surface area contributed by atoms with Gasteiger partial charge in [-0.3, -0.25) is 4.79 Å². The van der Waals surface area contributed by atoms with Crippen molar-refractivity contribution in [2.45, 2.75) is 39.7 Å². The van der Waals surface area contributed by atoms with E-state index in [0.717, 1.165) is 0 Å². The molecule has 0 rings (SSSR count). The minimum absolute atomic E-state index is 0.316. The van der Waals surface area contributed by atoms with Gasteiger partial charge in [0.15, 0.2) is 0 Å². The first-order valence-corrected chi connectivity index (χ1v) is 5.79. The number of hydrogen-bond acceptors (Lipinski definition) is 3. The van der Waals surface area contributed by atoms with Crippen LogP contribution < -0.4 is 5.32 Å².